The summed E-state index contributed by atoms with van der Waals surface area (Å²) in [5.74, 6) is 0. The van der Waals surface area contributed by atoms with Gasteiger partial charge in [-0.15, -0.1) is 0 Å². The lowest BCUT2D eigenvalue weighted by Crippen LogP contribution is -2.07. The Morgan fingerprint density at radius 1 is 1.88 bits per heavy atom. The van der Waals surface area contributed by atoms with Crippen molar-refractivity contribution in [1.29, 1.82) is 0 Å². The Morgan fingerprint density at radius 2 is 2.62 bits per heavy atom. The molecule has 0 unspecified atom stereocenters. The highest BCUT2D eigenvalue weighted by atomic mass is 16.1. The summed E-state index contributed by atoms with van der Waals surface area (Å²) in [4.78, 5) is 9.95. The highest BCUT2D eigenvalue weighted by Crippen LogP contribution is 1.79. The van der Waals surface area contributed by atoms with Crippen molar-refractivity contribution >= 4 is 19.7 Å². The molecule has 8 heavy (non-hydrogen) atoms. The summed E-state index contributed by atoms with van der Waals surface area (Å²) in [5, 5.41) is 5.93. The molecule has 1 rings (SSSR count). The van der Waals surface area contributed by atoms with Crippen LogP contribution in [0.3, 0.4) is 0 Å². The summed E-state index contributed by atoms with van der Waals surface area (Å²) in [6, 6.07) is 0. The van der Waals surface area contributed by atoms with Gasteiger partial charge in [-0.25, -0.2) is 0 Å². The molecule has 0 amide bonds. The summed E-state index contributed by atoms with van der Waals surface area (Å²) in [6.45, 7) is 0. The Balaban J connectivity index is 3.09. The van der Waals surface area contributed by atoms with Crippen LogP contribution in [0.25, 0.3) is 0 Å². The first-order chi connectivity index (χ1) is 3.84. The predicted octanol–water partition coefficient (Wildman–Crippen LogP) is -0.984. The first kappa shape index (κ1) is 5.09. The van der Waals surface area contributed by atoms with E-state index in [1.54, 1.807) is 0 Å². The second-order valence-electron chi connectivity index (χ2n) is 1.36. The third kappa shape index (κ3) is 0.642. The molecule has 0 aliphatic heterocycles. The fourth-order valence-corrected chi connectivity index (χ4v) is 0.399. The molecule has 0 saturated heterocycles. The number of hydrogen-bond acceptors (Lipinski definition) is 2. The van der Waals surface area contributed by atoms with Crippen molar-refractivity contribution in [3.05, 3.63) is 11.8 Å². The number of nitrogens with one attached hydrogen (secondary N) is 1. The maximum Gasteiger partial charge on any atom is 0.152 e. The van der Waals surface area contributed by atoms with Crippen LogP contribution in [-0.2, 0) is 0 Å². The topological polar surface area (TPSA) is 45.8 Å². The van der Waals surface area contributed by atoms with Crippen LogP contribution >= 0.6 is 0 Å². The van der Waals surface area contributed by atoms with E-state index in [4.69, 9.17) is 7.85 Å². The number of aromatic nitrogens is 2. The second kappa shape index (κ2) is 1.82. The van der Waals surface area contributed by atoms with E-state index in [0.29, 0.717) is 17.4 Å². The number of hydrogen-bond donors (Lipinski definition) is 1. The van der Waals surface area contributed by atoms with Crippen molar-refractivity contribution < 1.29 is 4.79 Å². The minimum Gasteiger partial charge on any atom is -0.298 e. The van der Waals surface area contributed by atoms with Crippen LogP contribution < -0.4 is 5.59 Å². The highest BCUT2D eigenvalue weighted by Gasteiger charge is 1.93. The van der Waals surface area contributed by atoms with E-state index >= 15 is 0 Å². The van der Waals surface area contributed by atoms with E-state index in [2.05, 4.69) is 10.2 Å². The summed E-state index contributed by atoms with van der Waals surface area (Å²) in [5.41, 5.74) is 0.727. The number of aromatic amines is 1. The summed E-state index contributed by atoms with van der Waals surface area (Å²) in [7, 11) is 5.20. The number of H-pyrrole nitrogens is 1. The molecule has 0 aliphatic carbocycles. The normalized spacial score (nSPS) is 9.00. The highest BCUT2D eigenvalue weighted by molar-refractivity contribution is 6.33. The largest absolute Gasteiger partial charge is 0.298 e. The quantitative estimate of drug-likeness (QED) is 0.369. The van der Waals surface area contributed by atoms with Crippen LogP contribution in [0.15, 0.2) is 6.20 Å². The van der Waals surface area contributed by atoms with Gasteiger partial charge in [-0.3, -0.25) is 9.89 Å². The molecular weight excluding hydrogens is 103 g/mol. The Kier molecular flexibility index (Phi) is 1.16. The van der Waals surface area contributed by atoms with E-state index in [1.165, 1.54) is 6.20 Å². The van der Waals surface area contributed by atoms with Crippen LogP contribution in [0.1, 0.15) is 10.4 Å². The van der Waals surface area contributed by atoms with Gasteiger partial charge < -0.3 is 0 Å². The summed E-state index contributed by atoms with van der Waals surface area (Å²) < 4.78 is 0. The van der Waals surface area contributed by atoms with Gasteiger partial charge in [-0.05, 0) is 5.59 Å². The van der Waals surface area contributed by atoms with Gasteiger partial charge in [0, 0.05) is 5.56 Å². The second-order valence-corrected chi connectivity index (χ2v) is 1.36. The zero-order chi connectivity index (χ0) is 5.98. The van der Waals surface area contributed by atoms with E-state index in [-0.39, 0.29) is 0 Å². The molecule has 2 radical (unpaired) electrons. The van der Waals surface area contributed by atoms with Crippen LogP contribution in [0.4, 0.5) is 0 Å². The lowest BCUT2D eigenvalue weighted by atomic mass is 10.0. The molecule has 0 saturated carbocycles. The summed E-state index contributed by atoms with van der Waals surface area (Å²) in [6.07, 6.45) is 2.03. The molecule has 4 heteroatoms. The molecule has 0 spiro atoms. The molecule has 0 aromatic carbocycles. The first-order valence-electron chi connectivity index (χ1n) is 2.08. The average Bonchev–Trinajstić information content (AvgIpc) is 2.14. The molecule has 1 aromatic heterocycles. The van der Waals surface area contributed by atoms with Gasteiger partial charge >= 0.3 is 0 Å². The molecule has 0 aliphatic rings. The van der Waals surface area contributed by atoms with Crippen LogP contribution in [0.5, 0.6) is 0 Å². The standard InChI is InChI=1S/C4H3BN2O/c5-4-3(2-8)1-6-7-4/h1-2H,(H,6,7). The van der Waals surface area contributed by atoms with Gasteiger partial charge in [0.2, 0.25) is 0 Å². The van der Waals surface area contributed by atoms with E-state index in [0.717, 1.165) is 0 Å². The van der Waals surface area contributed by atoms with Crippen molar-refractivity contribution in [2.45, 2.75) is 0 Å². The van der Waals surface area contributed by atoms with E-state index in [1.807, 2.05) is 0 Å². The number of carbonyl (C=O) groups excluding carboxylic acids is 1. The van der Waals surface area contributed by atoms with Crippen LogP contribution in [0, 0.1) is 0 Å². The molecule has 38 valence electrons. The van der Waals surface area contributed by atoms with Gasteiger partial charge in [0.25, 0.3) is 0 Å². The molecule has 1 heterocycles. The fraction of sp³-hybridized carbons (Fsp3) is 0. The van der Waals surface area contributed by atoms with Crippen molar-refractivity contribution in [3.63, 3.8) is 0 Å². The first-order valence-corrected chi connectivity index (χ1v) is 2.08. The molecule has 3 nitrogen and oxygen atoms in total. The molecule has 1 aromatic rings. The lowest BCUT2D eigenvalue weighted by Gasteiger charge is -1.78. The van der Waals surface area contributed by atoms with E-state index < -0.39 is 0 Å². The Bertz CT molecular complexity index is 196. The van der Waals surface area contributed by atoms with Crippen molar-refractivity contribution in [2.24, 2.45) is 0 Å². The van der Waals surface area contributed by atoms with Gasteiger partial charge in [0.15, 0.2) is 6.29 Å². The van der Waals surface area contributed by atoms with Crippen molar-refractivity contribution in [2.75, 3.05) is 0 Å². The average molecular weight is 106 g/mol. The van der Waals surface area contributed by atoms with Gasteiger partial charge in [-0.1, -0.05) is 0 Å². The Hall–Kier alpha value is -1.06. The minimum atomic E-state index is 0.319. The van der Waals surface area contributed by atoms with Gasteiger partial charge in [0.05, 0.1) is 6.20 Å². The third-order valence-electron chi connectivity index (χ3n) is 0.827. The number of aldehydes is 1. The lowest BCUT2D eigenvalue weighted by molar-refractivity contribution is 0.112. The van der Waals surface area contributed by atoms with Gasteiger partial charge in [0.1, 0.15) is 7.85 Å². The summed E-state index contributed by atoms with van der Waals surface area (Å²) >= 11 is 0. The Morgan fingerprint density at radius 3 is 2.88 bits per heavy atom. The van der Waals surface area contributed by atoms with E-state index in [9.17, 15) is 4.79 Å². The molecular formula is C4H3BN2O. The SMILES string of the molecule is [B]c1[nH]ncc1C=O. The van der Waals surface area contributed by atoms with Crippen LogP contribution in [-0.4, -0.2) is 24.3 Å². The number of rotatable bonds is 1. The monoisotopic (exact) mass is 106 g/mol. The molecule has 1 N–H and O–H groups in total. The third-order valence-corrected chi connectivity index (χ3v) is 0.827. The Labute approximate surface area is 47.5 Å². The zero-order valence-corrected chi connectivity index (χ0v) is 4.09. The number of nitrogens with zero attached hydrogens (tertiary/aromatic N) is 1. The van der Waals surface area contributed by atoms with Crippen molar-refractivity contribution in [3.8, 4) is 0 Å². The fourth-order valence-electron chi connectivity index (χ4n) is 0.399. The van der Waals surface area contributed by atoms with Gasteiger partial charge in [-0.2, -0.15) is 5.10 Å². The maximum absolute atomic E-state index is 9.95. The number of carbonyl (C=O) groups is 1. The molecule has 0 atom stereocenters. The maximum atomic E-state index is 9.95. The smallest absolute Gasteiger partial charge is 0.152 e. The minimum absolute atomic E-state index is 0.319. The predicted molar refractivity (Wildman–Crippen MR) is 29.4 cm³/mol. The molecule has 0 fully saturated rings. The zero-order valence-electron chi connectivity index (χ0n) is 4.09. The van der Waals surface area contributed by atoms with Crippen LogP contribution in [0.2, 0.25) is 0 Å². The van der Waals surface area contributed by atoms with Crippen molar-refractivity contribution in [1.82, 2.24) is 10.2 Å². The molecule has 0 bridgehead atoms.